The molecule has 0 fully saturated rings. The number of hydrogen-bond donors (Lipinski definition) is 0. The molecule has 10 rings (SSSR count). The van der Waals surface area contributed by atoms with Crippen molar-refractivity contribution in [2.24, 2.45) is 0 Å². The highest BCUT2D eigenvalue weighted by molar-refractivity contribution is 5.92. The Hall–Kier alpha value is -7.09. The van der Waals surface area contributed by atoms with Crippen LogP contribution in [0, 0.1) is 18.3 Å². The molecule has 0 atom stereocenters. The molecule has 7 aromatic carbocycles. The summed E-state index contributed by atoms with van der Waals surface area (Å²) < 4.78 is 6.65. The molecule has 2 heterocycles. The van der Waals surface area contributed by atoms with Crippen LogP contribution >= 0.6 is 0 Å². The Kier molecular flexibility index (Phi) is 6.96. The first-order valence-corrected chi connectivity index (χ1v) is 17.8. The second-order valence-electron chi connectivity index (χ2n) is 13.7. The van der Waals surface area contributed by atoms with Crippen molar-refractivity contribution < 1.29 is 4.74 Å². The molecule has 1 aromatic heterocycles. The molecule has 0 bridgehead atoms. The normalized spacial score (nSPS) is 12.9. The molecule has 1 spiro atoms. The molecular weight excluding hydrogens is 647 g/mol. The van der Waals surface area contributed by atoms with E-state index >= 15 is 0 Å². The van der Waals surface area contributed by atoms with Crippen LogP contribution in [0.5, 0.6) is 11.5 Å². The van der Waals surface area contributed by atoms with Gasteiger partial charge in [0.05, 0.1) is 28.4 Å². The molecule has 8 aromatic rings. The van der Waals surface area contributed by atoms with Crippen LogP contribution in [-0.2, 0) is 5.41 Å². The van der Waals surface area contributed by atoms with E-state index in [0.29, 0.717) is 11.4 Å². The number of nitrogens with zero attached hydrogens (tertiary/aromatic N) is 3. The Labute approximate surface area is 308 Å². The van der Waals surface area contributed by atoms with E-state index in [1.165, 1.54) is 22.3 Å². The van der Waals surface area contributed by atoms with Crippen LogP contribution < -0.4 is 4.74 Å². The lowest BCUT2D eigenvalue weighted by atomic mass is 9.65. The van der Waals surface area contributed by atoms with Crippen molar-refractivity contribution >= 4 is 0 Å². The van der Waals surface area contributed by atoms with Gasteiger partial charge in [0, 0.05) is 33.4 Å². The first kappa shape index (κ1) is 30.7. The maximum absolute atomic E-state index is 9.48. The molecule has 0 N–H and O–H groups in total. The van der Waals surface area contributed by atoms with Gasteiger partial charge in [-0.25, -0.2) is 9.97 Å². The van der Waals surface area contributed by atoms with Gasteiger partial charge in [0.25, 0.3) is 0 Å². The highest BCUT2D eigenvalue weighted by Crippen LogP contribution is 2.62. The van der Waals surface area contributed by atoms with Crippen molar-refractivity contribution in [2.75, 3.05) is 0 Å². The summed E-state index contributed by atoms with van der Waals surface area (Å²) in [5.41, 5.74) is 15.0. The molecule has 1 aliphatic carbocycles. The number of aromatic nitrogens is 2. The van der Waals surface area contributed by atoms with Crippen LogP contribution in [-0.4, -0.2) is 9.97 Å². The predicted octanol–water partition coefficient (Wildman–Crippen LogP) is 11.8. The van der Waals surface area contributed by atoms with Gasteiger partial charge < -0.3 is 4.74 Å². The zero-order valence-corrected chi connectivity index (χ0v) is 28.9. The maximum Gasteiger partial charge on any atom is 0.160 e. The van der Waals surface area contributed by atoms with E-state index in [1.807, 2.05) is 60.7 Å². The van der Waals surface area contributed by atoms with Gasteiger partial charge in [0.1, 0.15) is 11.5 Å². The SMILES string of the molecule is Cc1c(-c2ccccc2)nc(-c2ccccc2)nc1-c1ccc2c(c1)C1(c3ccccc3Oc3ccccc31)c1cc(-c3ccc(C#N)cc3)ccc1-2. The Bertz CT molecular complexity index is 2720. The van der Waals surface area contributed by atoms with Gasteiger partial charge in [-0.3, -0.25) is 0 Å². The van der Waals surface area contributed by atoms with E-state index in [1.54, 1.807) is 0 Å². The Morgan fingerprint density at radius 2 is 0.962 bits per heavy atom. The van der Waals surface area contributed by atoms with Crippen molar-refractivity contribution in [1.29, 1.82) is 5.26 Å². The van der Waals surface area contributed by atoms with Crippen LogP contribution in [0.1, 0.15) is 33.4 Å². The van der Waals surface area contributed by atoms with Crippen molar-refractivity contribution in [3.63, 3.8) is 0 Å². The molecule has 0 radical (unpaired) electrons. The van der Waals surface area contributed by atoms with E-state index in [2.05, 4.69) is 122 Å². The topological polar surface area (TPSA) is 58.8 Å². The second-order valence-corrected chi connectivity index (χ2v) is 13.7. The molecule has 0 amide bonds. The van der Waals surface area contributed by atoms with E-state index in [9.17, 15) is 5.26 Å². The summed E-state index contributed by atoms with van der Waals surface area (Å²) in [4.78, 5) is 10.5. The summed E-state index contributed by atoms with van der Waals surface area (Å²) >= 11 is 0. The highest BCUT2D eigenvalue weighted by atomic mass is 16.5. The number of benzene rings is 7. The number of nitriles is 1. The number of fused-ring (bicyclic) bond motifs is 9. The summed E-state index contributed by atoms with van der Waals surface area (Å²) in [6.45, 7) is 2.13. The standard InChI is InChI=1S/C49H31N3O/c1-31-46(34-12-4-2-5-13-34)51-48(35-14-6-3-7-15-35)52-47(31)37-25-27-39-38-26-24-36(33-22-20-32(30-50)21-23-33)28-42(38)49(43(39)29-37)40-16-8-10-18-44(40)53-45-19-11-9-17-41(45)49/h2-29H,1H3. The third kappa shape index (κ3) is 4.68. The average molecular weight is 678 g/mol. The van der Waals surface area contributed by atoms with Gasteiger partial charge in [-0.05, 0) is 76.7 Å². The molecule has 53 heavy (non-hydrogen) atoms. The molecular formula is C49H31N3O. The molecule has 4 heteroatoms. The van der Waals surface area contributed by atoms with E-state index in [0.717, 1.165) is 67.4 Å². The van der Waals surface area contributed by atoms with E-state index < -0.39 is 5.41 Å². The number of hydrogen-bond acceptors (Lipinski definition) is 4. The molecule has 0 saturated heterocycles. The number of para-hydroxylation sites is 2. The van der Waals surface area contributed by atoms with Gasteiger partial charge in [-0.15, -0.1) is 0 Å². The van der Waals surface area contributed by atoms with Gasteiger partial charge in [0.2, 0.25) is 0 Å². The fourth-order valence-corrected chi connectivity index (χ4v) is 8.35. The van der Waals surface area contributed by atoms with E-state index in [4.69, 9.17) is 14.7 Å². The average Bonchev–Trinajstić information content (AvgIpc) is 3.51. The molecule has 0 unspecified atom stereocenters. The lowest BCUT2D eigenvalue weighted by molar-refractivity contribution is 0.436. The lowest BCUT2D eigenvalue weighted by Gasteiger charge is -2.39. The molecule has 0 saturated carbocycles. The van der Waals surface area contributed by atoms with Crippen LogP contribution in [0.3, 0.4) is 0 Å². The van der Waals surface area contributed by atoms with Crippen LogP contribution in [0.15, 0.2) is 170 Å². The smallest absolute Gasteiger partial charge is 0.160 e. The first-order valence-electron chi connectivity index (χ1n) is 17.8. The lowest BCUT2D eigenvalue weighted by Crippen LogP contribution is -2.32. The maximum atomic E-state index is 9.48. The zero-order valence-electron chi connectivity index (χ0n) is 28.9. The number of ether oxygens (including phenoxy) is 1. The Morgan fingerprint density at radius 3 is 1.57 bits per heavy atom. The Balaban J connectivity index is 1.26. The number of rotatable bonds is 4. The summed E-state index contributed by atoms with van der Waals surface area (Å²) in [6, 6.07) is 61.2. The third-order valence-electron chi connectivity index (χ3n) is 10.8. The monoisotopic (exact) mass is 677 g/mol. The quantitative estimate of drug-likeness (QED) is 0.186. The van der Waals surface area contributed by atoms with Crippen molar-refractivity contribution in [3.05, 3.63) is 203 Å². The minimum atomic E-state index is -0.666. The summed E-state index contributed by atoms with van der Waals surface area (Å²) in [6.07, 6.45) is 0. The van der Waals surface area contributed by atoms with Crippen LogP contribution in [0.25, 0.3) is 56.2 Å². The van der Waals surface area contributed by atoms with Crippen molar-refractivity contribution in [3.8, 4) is 73.7 Å². The van der Waals surface area contributed by atoms with Crippen molar-refractivity contribution in [2.45, 2.75) is 12.3 Å². The minimum absolute atomic E-state index is 0.643. The zero-order chi connectivity index (χ0) is 35.5. The first-order chi connectivity index (χ1) is 26.1. The minimum Gasteiger partial charge on any atom is -0.457 e. The molecule has 1 aliphatic heterocycles. The van der Waals surface area contributed by atoms with Gasteiger partial charge in [-0.2, -0.15) is 5.26 Å². The third-order valence-corrected chi connectivity index (χ3v) is 10.8. The largest absolute Gasteiger partial charge is 0.457 e. The van der Waals surface area contributed by atoms with Gasteiger partial charge in [0.15, 0.2) is 5.82 Å². The summed E-state index contributed by atoms with van der Waals surface area (Å²) in [5.74, 6) is 2.38. The predicted molar refractivity (Wildman–Crippen MR) is 211 cm³/mol. The van der Waals surface area contributed by atoms with Gasteiger partial charge >= 0.3 is 0 Å². The second kappa shape index (κ2) is 12.0. The van der Waals surface area contributed by atoms with Crippen molar-refractivity contribution in [1.82, 2.24) is 9.97 Å². The van der Waals surface area contributed by atoms with E-state index in [-0.39, 0.29) is 0 Å². The summed E-state index contributed by atoms with van der Waals surface area (Å²) in [7, 11) is 0. The Morgan fingerprint density at radius 1 is 0.472 bits per heavy atom. The molecule has 2 aliphatic rings. The fraction of sp³-hybridized carbons (Fsp3) is 0.0408. The molecule has 4 nitrogen and oxygen atoms in total. The van der Waals surface area contributed by atoms with Gasteiger partial charge in [-0.1, -0.05) is 133 Å². The highest BCUT2D eigenvalue weighted by Gasteiger charge is 2.51. The fourth-order valence-electron chi connectivity index (χ4n) is 8.35. The summed E-state index contributed by atoms with van der Waals surface area (Å²) in [5, 5.41) is 9.48. The molecule has 248 valence electrons. The van der Waals surface area contributed by atoms with Crippen LogP contribution in [0.4, 0.5) is 0 Å². The van der Waals surface area contributed by atoms with Crippen LogP contribution in [0.2, 0.25) is 0 Å².